The lowest BCUT2D eigenvalue weighted by atomic mass is 9.80. The van der Waals surface area contributed by atoms with Gasteiger partial charge >= 0.3 is 13.1 Å². The van der Waals surface area contributed by atoms with E-state index in [0.717, 1.165) is 0 Å². The van der Waals surface area contributed by atoms with Gasteiger partial charge in [0.1, 0.15) is 24.3 Å². The van der Waals surface area contributed by atoms with Crippen molar-refractivity contribution in [2.75, 3.05) is 13.2 Å². The second-order valence-corrected chi connectivity index (χ2v) is 5.11. The standard InChI is InChI=1S/C9H12BNO4.C5H12O5/c11-8(9(12)13)5-6-1-3-7(4-2-6)10(14)15;6-1-3(8)5(10)4(9)2-7/h1-4,8,14-15H,5,11H2,(H,12,13);3-10H,1-2H2/t8-;3-,4+,5?/m0./s1/i8D;. The average molecular weight is 362 g/mol. The number of aliphatic hydroxyl groups excluding tert-OH is 5. The molecule has 0 saturated carbocycles. The Hall–Kier alpha value is -1.57. The lowest BCUT2D eigenvalue weighted by Crippen LogP contribution is -2.41. The van der Waals surface area contributed by atoms with Gasteiger partial charge in [0.25, 0.3) is 0 Å². The van der Waals surface area contributed by atoms with Crippen LogP contribution in [0.25, 0.3) is 0 Å². The number of carboxylic acid groups (broad SMARTS) is 1. The number of carboxylic acids is 1. The van der Waals surface area contributed by atoms with E-state index in [1.54, 1.807) is 0 Å². The SMILES string of the molecule is OC[C@@H](O)C(O)[C@@H](O)CO.[2H][C@](N)(Cc1ccc(B(O)O)cc1)C(=O)O. The van der Waals surface area contributed by atoms with Crippen molar-refractivity contribution < 1.29 is 46.9 Å². The molecule has 0 saturated heterocycles. The molecule has 10 N–H and O–H groups in total. The van der Waals surface area contributed by atoms with Crippen molar-refractivity contribution >= 4 is 18.6 Å². The Bertz CT molecular complexity index is 534. The molecule has 1 aromatic carbocycles. The molecule has 11 heteroatoms. The summed E-state index contributed by atoms with van der Waals surface area (Å²) in [5, 5.41) is 68.9. The number of aliphatic hydroxyl groups is 5. The molecule has 1 unspecified atom stereocenters. The van der Waals surface area contributed by atoms with Gasteiger partial charge in [-0.05, 0) is 17.4 Å². The lowest BCUT2D eigenvalue weighted by Gasteiger charge is -2.19. The van der Waals surface area contributed by atoms with Crippen molar-refractivity contribution in [3.8, 4) is 0 Å². The summed E-state index contributed by atoms with van der Waals surface area (Å²) in [5.41, 5.74) is 6.10. The third kappa shape index (κ3) is 8.91. The Morgan fingerprint density at radius 2 is 1.52 bits per heavy atom. The van der Waals surface area contributed by atoms with Crippen LogP contribution in [0.4, 0.5) is 0 Å². The Morgan fingerprint density at radius 1 is 1.08 bits per heavy atom. The number of hydrogen-bond acceptors (Lipinski definition) is 9. The molecule has 25 heavy (non-hydrogen) atoms. The molecule has 1 rings (SSSR count). The lowest BCUT2D eigenvalue weighted by molar-refractivity contribution is -0.138. The molecule has 0 radical (unpaired) electrons. The molecule has 1 aromatic rings. The van der Waals surface area contributed by atoms with Crippen molar-refractivity contribution in [3.63, 3.8) is 0 Å². The minimum absolute atomic E-state index is 0.149. The van der Waals surface area contributed by atoms with Gasteiger partial charge in [0.15, 0.2) is 0 Å². The first kappa shape index (κ1) is 21.5. The van der Waals surface area contributed by atoms with Crippen LogP contribution < -0.4 is 11.2 Å². The van der Waals surface area contributed by atoms with Gasteiger partial charge in [-0.3, -0.25) is 4.79 Å². The van der Waals surface area contributed by atoms with E-state index in [-0.39, 0.29) is 6.42 Å². The normalized spacial score (nSPS) is 17.2. The highest BCUT2D eigenvalue weighted by atomic mass is 16.4. The maximum absolute atomic E-state index is 10.6. The van der Waals surface area contributed by atoms with Gasteiger partial charge in [0.05, 0.1) is 14.6 Å². The number of hydrogen-bond donors (Lipinski definition) is 9. The molecule has 0 heterocycles. The largest absolute Gasteiger partial charge is 0.488 e. The number of benzene rings is 1. The smallest absolute Gasteiger partial charge is 0.480 e. The van der Waals surface area contributed by atoms with Gasteiger partial charge in [-0.2, -0.15) is 0 Å². The van der Waals surface area contributed by atoms with Crippen LogP contribution in [0, 0.1) is 0 Å². The highest BCUT2D eigenvalue weighted by molar-refractivity contribution is 6.58. The van der Waals surface area contributed by atoms with Crippen LogP contribution in [0.3, 0.4) is 0 Å². The second kappa shape index (κ2) is 11.9. The van der Waals surface area contributed by atoms with Gasteiger partial charge < -0.3 is 46.4 Å². The molecule has 4 atom stereocenters. The van der Waals surface area contributed by atoms with Crippen LogP contribution in [0.1, 0.15) is 6.93 Å². The fourth-order valence-electron chi connectivity index (χ4n) is 1.58. The fourth-order valence-corrected chi connectivity index (χ4v) is 1.58. The molecule has 10 nitrogen and oxygen atoms in total. The molecule has 0 fully saturated rings. The van der Waals surface area contributed by atoms with E-state index < -0.39 is 50.6 Å². The quantitative estimate of drug-likeness (QED) is 0.202. The van der Waals surface area contributed by atoms with E-state index in [9.17, 15) is 4.79 Å². The summed E-state index contributed by atoms with van der Waals surface area (Å²) in [6, 6.07) is 3.83. The maximum atomic E-state index is 10.6. The van der Waals surface area contributed by atoms with Gasteiger partial charge in [-0.15, -0.1) is 0 Å². The topological polar surface area (TPSA) is 205 Å². The Morgan fingerprint density at radius 3 is 1.84 bits per heavy atom. The van der Waals surface area contributed by atoms with Crippen LogP contribution in [0.5, 0.6) is 0 Å². The van der Waals surface area contributed by atoms with Gasteiger partial charge in [0, 0.05) is 0 Å². The zero-order chi connectivity index (χ0) is 20.5. The van der Waals surface area contributed by atoms with Crippen LogP contribution >= 0.6 is 0 Å². The van der Waals surface area contributed by atoms with Crippen LogP contribution in [0.15, 0.2) is 24.3 Å². The zero-order valence-electron chi connectivity index (χ0n) is 14.3. The Balaban J connectivity index is 0.000000541. The van der Waals surface area contributed by atoms with Crippen LogP contribution in [-0.2, 0) is 11.2 Å². The Kier molecular flexibility index (Phi) is 10.2. The van der Waals surface area contributed by atoms with E-state index in [1.807, 2.05) is 0 Å². The molecule has 142 valence electrons. The molecular weight excluding hydrogens is 337 g/mol. The van der Waals surface area contributed by atoms with E-state index >= 15 is 0 Å². The van der Waals surface area contributed by atoms with Gasteiger partial charge in [-0.25, -0.2) is 0 Å². The zero-order valence-corrected chi connectivity index (χ0v) is 13.3. The summed E-state index contributed by atoms with van der Waals surface area (Å²) in [6.07, 6.45) is -4.44. The van der Waals surface area contributed by atoms with E-state index in [4.69, 9.17) is 47.8 Å². The van der Waals surface area contributed by atoms with E-state index in [1.165, 1.54) is 24.3 Å². The summed E-state index contributed by atoms with van der Waals surface area (Å²) >= 11 is 0. The first-order valence-electron chi connectivity index (χ1n) is 7.69. The maximum Gasteiger partial charge on any atom is 0.488 e. The van der Waals surface area contributed by atoms with Crippen molar-refractivity contribution in [2.45, 2.75) is 30.8 Å². The van der Waals surface area contributed by atoms with Crippen molar-refractivity contribution in [3.05, 3.63) is 29.8 Å². The number of nitrogens with two attached hydrogens (primary N) is 1. The number of rotatable bonds is 8. The third-order valence-electron chi connectivity index (χ3n) is 3.11. The molecule has 0 bridgehead atoms. The van der Waals surface area contributed by atoms with Crippen LogP contribution in [-0.4, -0.2) is 91.3 Å². The summed E-state index contributed by atoms with van der Waals surface area (Å²) in [6.45, 7) is -1.28. The predicted molar refractivity (Wildman–Crippen MR) is 87.8 cm³/mol. The van der Waals surface area contributed by atoms with E-state index in [0.29, 0.717) is 11.0 Å². The van der Waals surface area contributed by atoms with Crippen LogP contribution in [0.2, 0.25) is 0 Å². The van der Waals surface area contributed by atoms with Crippen molar-refractivity contribution in [1.29, 1.82) is 0 Å². The first-order valence-corrected chi connectivity index (χ1v) is 7.19. The molecule has 0 aliphatic heterocycles. The minimum atomic E-state index is -2.07. The van der Waals surface area contributed by atoms with Crippen molar-refractivity contribution in [1.82, 2.24) is 0 Å². The predicted octanol–water partition coefficient (Wildman–Crippen LogP) is -4.63. The van der Waals surface area contributed by atoms with Crippen molar-refractivity contribution in [2.24, 2.45) is 5.73 Å². The molecule has 0 aromatic heterocycles. The second-order valence-electron chi connectivity index (χ2n) is 5.11. The highest BCUT2D eigenvalue weighted by Gasteiger charge is 2.22. The molecular formula is C14H24BNO9. The third-order valence-corrected chi connectivity index (χ3v) is 3.11. The Labute approximate surface area is 146 Å². The summed E-state index contributed by atoms with van der Waals surface area (Å²) < 4.78 is 7.34. The van der Waals surface area contributed by atoms with Gasteiger partial charge in [-0.1, -0.05) is 24.3 Å². The fraction of sp³-hybridized carbons (Fsp3) is 0.500. The van der Waals surface area contributed by atoms with Gasteiger partial charge in [0.2, 0.25) is 0 Å². The molecule has 0 spiro atoms. The molecule has 0 amide bonds. The van der Waals surface area contributed by atoms with E-state index in [2.05, 4.69) is 0 Å². The summed E-state index contributed by atoms with van der Waals surface area (Å²) in [4.78, 5) is 10.6. The highest BCUT2D eigenvalue weighted by Crippen LogP contribution is 2.01. The molecule has 0 aliphatic rings. The summed E-state index contributed by atoms with van der Waals surface area (Å²) in [5.74, 6) is -1.40. The number of carbonyl (C=O) groups is 1. The molecule has 0 aliphatic carbocycles. The minimum Gasteiger partial charge on any atom is -0.480 e. The average Bonchev–Trinajstić information content (AvgIpc) is 2.60. The monoisotopic (exact) mass is 362 g/mol. The number of aliphatic carboxylic acids is 1. The summed E-state index contributed by atoms with van der Waals surface area (Å²) in [7, 11) is -1.56. The first-order chi connectivity index (χ1) is 12.0.